The van der Waals surface area contributed by atoms with Crippen LogP contribution in [0.15, 0.2) is 0 Å². The molecule has 114 valence electrons. The van der Waals surface area contributed by atoms with Gasteiger partial charge in [0, 0.05) is 23.5 Å². The van der Waals surface area contributed by atoms with Gasteiger partial charge in [0.1, 0.15) is 16.5 Å². The highest BCUT2D eigenvalue weighted by molar-refractivity contribution is 7.18. The van der Waals surface area contributed by atoms with Crippen molar-refractivity contribution in [2.75, 3.05) is 12.3 Å². The molecule has 1 saturated heterocycles. The quantitative estimate of drug-likeness (QED) is 0.889. The molecule has 0 radical (unpaired) electrons. The lowest BCUT2D eigenvalue weighted by Gasteiger charge is -2.35. The van der Waals surface area contributed by atoms with Gasteiger partial charge in [-0.1, -0.05) is 0 Å². The van der Waals surface area contributed by atoms with Crippen LogP contribution in [-0.4, -0.2) is 33.5 Å². The minimum Gasteiger partial charge on any atom is -0.383 e. The number of thiophene rings is 1. The predicted octanol–water partition coefficient (Wildman–Crippen LogP) is 2.20. The van der Waals surface area contributed by atoms with E-state index >= 15 is 0 Å². The monoisotopic (exact) mass is 305 g/mol. The summed E-state index contributed by atoms with van der Waals surface area (Å²) < 4.78 is 0. The lowest BCUT2D eigenvalue weighted by Crippen LogP contribution is -2.45. The van der Waals surface area contributed by atoms with E-state index in [-0.39, 0.29) is 0 Å². The number of hydrogen-bond acceptors (Lipinski definition) is 6. The molecule has 0 aromatic carbocycles. The van der Waals surface area contributed by atoms with Gasteiger partial charge in [-0.3, -0.25) is 4.90 Å². The molecule has 3 rings (SSSR count). The molecule has 5 nitrogen and oxygen atoms in total. The fraction of sp³-hybridized carbons (Fsp3) is 0.600. The molecule has 21 heavy (non-hydrogen) atoms. The standard InChI is InChI=1S/C15H23N5S/c1-8-6-11(16)4-5-20(8)7-12-18-14(17)13-9(2)10(3)21-15(13)19-12/h8,11H,4-7,16H2,1-3H3,(H2,17,18,19). The molecule has 2 atom stereocenters. The Bertz CT molecular complexity index is 666. The van der Waals surface area contributed by atoms with Crippen molar-refractivity contribution in [2.24, 2.45) is 5.73 Å². The number of nitrogens with two attached hydrogens (primary N) is 2. The molecule has 0 amide bonds. The number of fused-ring (bicyclic) bond motifs is 1. The summed E-state index contributed by atoms with van der Waals surface area (Å²) in [4.78, 5) is 13.9. The van der Waals surface area contributed by atoms with Gasteiger partial charge >= 0.3 is 0 Å². The van der Waals surface area contributed by atoms with Gasteiger partial charge < -0.3 is 11.5 Å². The van der Waals surface area contributed by atoms with Crippen LogP contribution in [0, 0.1) is 13.8 Å². The normalized spacial score (nSPS) is 23.8. The fourth-order valence-corrected chi connectivity index (χ4v) is 4.13. The zero-order valence-electron chi connectivity index (χ0n) is 12.9. The Morgan fingerprint density at radius 3 is 2.81 bits per heavy atom. The van der Waals surface area contributed by atoms with E-state index < -0.39 is 0 Å². The van der Waals surface area contributed by atoms with Gasteiger partial charge in [-0.25, -0.2) is 9.97 Å². The summed E-state index contributed by atoms with van der Waals surface area (Å²) in [6, 6.07) is 0.799. The van der Waals surface area contributed by atoms with E-state index in [1.54, 1.807) is 11.3 Å². The minimum absolute atomic E-state index is 0.326. The average molecular weight is 305 g/mol. The Hall–Kier alpha value is -1.24. The molecule has 6 heteroatoms. The summed E-state index contributed by atoms with van der Waals surface area (Å²) in [7, 11) is 0. The van der Waals surface area contributed by atoms with Crippen LogP contribution in [0.3, 0.4) is 0 Å². The number of aryl methyl sites for hydroxylation is 2. The molecule has 0 saturated carbocycles. The van der Waals surface area contributed by atoms with E-state index in [2.05, 4.69) is 30.7 Å². The van der Waals surface area contributed by atoms with E-state index in [0.717, 1.165) is 42.0 Å². The smallest absolute Gasteiger partial charge is 0.146 e. The third-order valence-electron chi connectivity index (χ3n) is 4.50. The number of nitrogens with zero attached hydrogens (tertiary/aromatic N) is 3. The Kier molecular flexibility index (Phi) is 3.86. The highest BCUT2D eigenvalue weighted by Gasteiger charge is 2.24. The van der Waals surface area contributed by atoms with Crippen molar-refractivity contribution in [2.45, 2.75) is 52.2 Å². The van der Waals surface area contributed by atoms with Crippen LogP contribution in [0.25, 0.3) is 10.2 Å². The molecule has 1 aliphatic heterocycles. The van der Waals surface area contributed by atoms with Gasteiger partial charge in [-0.05, 0) is 39.2 Å². The summed E-state index contributed by atoms with van der Waals surface area (Å²) >= 11 is 1.70. The number of likely N-dealkylation sites (tertiary alicyclic amines) is 1. The van der Waals surface area contributed by atoms with Crippen LogP contribution in [0.4, 0.5) is 5.82 Å². The van der Waals surface area contributed by atoms with Crippen LogP contribution in [0.2, 0.25) is 0 Å². The average Bonchev–Trinajstić information content (AvgIpc) is 2.69. The van der Waals surface area contributed by atoms with Gasteiger partial charge in [0.25, 0.3) is 0 Å². The van der Waals surface area contributed by atoms with Gasteiger partial charge in [-0.15, -0.1) is 11.3 Å². The van der Waals surface area contributed by atoms with Crippen molar-refractivity contribution in [3.63, 3.8) is 0 Å². The van der Waals surface area contributed by atoms with Crippen LogP contribution < -0.4 is 11.5 Å². The second kappa shape index (κ2) is 5.51. The molecule has 4 N–H and O–H groups in total. The zero-order chi connectivity index (χ0) is 15.1. The first kappa shape index (κ1) is 14.7. The Balaban J connectivity index is 1.88. The minimum atomic E-state index is 0.326. The molecule has 1 aliphatic rings. The van der Waals surface area contributed by atoms with Gasteiger partial charge in [-0.2, -0.15) is 0 Å². The van der Waals surface area contributed by atoms with Gasteiger partial charge in [0.15, 0.2) is 0 Å². The van der Waals surface area contributed by atoms with E-state index in [9.17, 15) is 0 Å². The van der Waals surface area contributed by atoms with Gasteiger partial charge in [0.05, 0.1) is 11.9 Å². The molecule has 2 aromatic rings. The lowest BCUT2D eigenvalue weighted by atomic mass is 9.99. The Labute approximate surface area is 129 Å². The zero-order valence-corrected chi connectivity index (χ0v) is 13.7. The van der Waals surface area contributed by atoms with E-state index in [4.69, 9.17) is 16.5 Å². The molecule has 3 heterocycles. The molecule has 0 aliphatic carbocycles. The second-order valence-electron chi connectivity index (χ2n) is 6.09. The SMILES string of the molecule is Cc1sc2nc(CN3CCC(N)CC3C)nc(N)c2c1C. The van der Waals surface area contributed by atoms with Crippen LogP contribution in [-0.2, 0) is 6.54 Å². The lowest BCUT2D eigenvalue weighted by molar-refractivity contribution is 0.137. The molecular weight excluding hydrogens is 282 g/mol. The van der Waals surface area contributed by atoms with Crippen LogP contribution in [0.1, 0.15) is 36.0 Å². The summed E-state index contributed by atoms with van der Waals surface area (Å²) in [5.41, 5.74) is 13.4. The van der Waals surface area contributed by atoms with Crippen molar-refractivity contribution >= 4 is 27.4 Å². The highest BCUT2D eigenvalue weighted by Crippen LogP contribution is 2.32. The fourth-order valence-electron chi connectivity index (χ4n) is 3.07. The molecule has 0 spiro atoms. The first-order valence-corrected chi connectivity index (χ1v) is 8.29. The third kappa shape index (κ3) is 2.75. The maximum Gasteiger partial charge on any atom is 0.146 e. The molecule has 1 fully saturated rings. The number of anilines is 1. The van der Waals surface area contributed by atoms with Crippen molar-refractivity contribution in [3.05, 3.63) is 16.3 Å². The number of rotatable bonds is 2. The van der Waals surface area contributed by atoms with Crippen molar-refractivity contribution in [1.82, 2.24) is 14.9 Å². The van der Waals surface area contributed by atoms with Crippen molar-refractivity contribution < 1.29 is 0 Å². The summed E-state index contributed by atoms with van der Waals surface area (Å²) in [5.74, 6) is 1.43. The second-order valence-corrected chi connectivity index (χ2v) is 7.30. The first-order chi connectivity index (χ1) is 9.95. The largest absolute Gasteiger partial charge is 0.383 e. The number of aromatic nitrogens is 2. The predicted molar refractivity (Wildman–Crippen MR) is 88.4 cm³/mol. The molecule has 2 aromatic heterocycles. The summed E-state index contributed by atoms with van der Waals surface area (Å²) in [6.45, 7) is 8.17. The molecular formula is C15H23N5S. The summed E-state index contributed by atoms with van der Waals surface area (Å²) in [6.07, 6.45) is 2.08. The van der Waals surface area contributed by atoms with Crippen LogP contribution >= 0.6 is 11.3 Å². The third-order valence-corrected chi connectivity index (χ3v) is 5.60. The Morgan fingerprint density at radius 1 is 1.33 bits per heavy atom. The van der Waals surface area contributed by atoms with E-state index in [1.807, 2.05) is 0 Å². The topological polar surface area (TPSA) is 81.1 Å². The maximum atomic E-state index is 6.15. The van der Waals surface area contributed by atoms with Crippen molar-refractivity contribution in [1.29, 1.82) is 0 Å². The van der Waals surface area contributed by atoms with Gasteiger partial charge in [0.2, 0.25) is 0 Å². The maximum absolute atomic E-state index is 6.15. The Morgan fingerprint density at radius 2 is 2.10 bits per heavy atom. The van der Waals surface area contributed by atoms with E-state index in [0.29, 0.717) is 17.9 Å². The first-order valence-electron chi connectivity index (χ1n) is 7.47. The number of nitrogen functional groups attached to an aromatic ring is 1. The van der Waals surface area contributed by atoms with E-state index in [1.165, 1.54) is 10.4 Å². The number of piperidine rings is 1. The van der Waals surface area contributed by atoms with Crippen molar-refractivity contribution in [3.8, 4) is 0 Å². The molecule has 0 bridgehead atoms. The highest BCUT2D eigenvalue weighted by atomic mass is 32.1. The molecule has 2 unspecified atom stereocenters. The summed E-state index contributed by atoms with van der Waals surface area (Å²) in [5, 5.41) is 1.02. The van der Waals surface area contributed by atoms with Crippen LogP contribution in [0.5, 0.6) is 0 Å². The number of hydrogen-bond donors (Lipinski definition) is 2.